The molecule has 3 rings (SSSR count). The van der Waals surface area contributed by atoms with Gasteiger partial charge in [-0.25, -0.2) is 4.98 Å². The molecule has 0 aromatic carbocycles. The van der Waals surface area contributed by atoms with Crippen LogP contribution in [0.15, 0.2) is 24.7 Å². The lowest BCUT2D eigenvalue weighted by Crippen LogP contribution is -2.41. The Balaban J connectivity index is 1.83. The van der Waals surface area contributed by atoms with Crippen molar-refractivity contribution in [3.63, 3.8) is 0 Å². The lowest BCUT2D eigenvalue weighted by atomic mass is 10.1. The molecule has 7 nitrogen and oxygen atoms in total. The maximum absolute atomic E-state index is 12.8. The molecule has 0 aliphatic carbocycles. The normalized spacial score (nSPS) is 16.7. The summed E-state index contributed by atoms with van der Waals surface area (Å²) < 4.78 is 1.96. The Kier molecular flexibility index (Phi) is 4.57. The van der Waals surface area contributed by atoms with E-state index in [4.69, 9.17) is 0 Å². The number of hydrogen-bond donors (Lipinski definition) is 1. The zero-order valence-corrected chi connectivity index (χ0v) is 15.0. The Morgan fingerprint density at radius 1 is 1.28 bits per heavy atom. The minimum atomic E-state index is -0.206. The molecule has 0 radical (unpaired) electrons. The van der Waals surface area contributed by atoms with E-state index in [0.717, 1.165) is 11.4 Å². The van der Waals surface area contributed by atoms with Crippen LogP contribution in [0.4, 0.5) is 0 Å². The Morgan fingerprint density at radius 3 is 2.72 bits per heavy atom. The van der Waals surface area contributed by atoms with Gasteiger partial charge in [0.15, 0.2) is 0 Å². The highest BCUT2D eigenvalue weighted by Crippen LogP contribution is 2.26. The topological polar surface area (TPSA) is 80.1 Å². The number of fused-ring (bicyclic) bond motifs is 1. The molecule has 3 heterocycles. The molecule has 0 saturated heterocycles. The molecule has 1 aliphatic heterocycles. The highest BCUT2D eigenvalue weighted by atomic mass is 16.2. The summed E-state index contributed by atoms with van der Waals surface area (Å²) in [7, 11) is 0. The first-order valence-corrected chi connectivity index (χ1v) is 8.47. The van der Waals surface area contributed by atoms with E-state index in [-0.39, 0.29) is 23.9 Å². The van der Waals surface area contributed by atoms with Gasteiger partial charge in [-0.05, 0) is 39.3 Å². The Hall–Kier alpha value is -2.70. The van der Waals surface area contributed by atoms with Crippen LogP contribution in [0.5, 0.6) is 0 Å². The van der Waals surface area contributed by atoms with E-state index in [1.807, 2.05) is 38.3 Å². The highest BCUT2D eigenvalue weighted by Gasteiger charge is 2.31. The first kappa shape index (κ1) is 17.1. The smallest absolute Gasteiger partial charge is 0.271 e. The fraction of sp³-hybridized carbons (Fsp3) is 0.444. The Labute approximate surface area is 147 Å². The summed E-state index contributed by atoms with van der Waals surface area (Å²) in [6.45, 7) is 8.85. The third-order valence-corrected chi connectivity index (χ3v) is 4.27. The predicted octanol–water partition coefficient (Wildman–Crippen LogP) is 1.94. The van der Waals surface area contributed by atoms with Gasteiger partial charge in [0.1, 0.15) is 11.5 Å². The largest absolute Gasteiger partial charge is 0.348 e. The van der Waals surface area contributed by atoms with E-state index < -0.39 is 0 Å². The number of nitrogens with one attached hydrogen (secondary N) is 1. The fourth-order valence-electron chi connectivity index (χ4n) is 3.05. The molecule has 0 spiro atoms. The average molecular weight is 341 g/mol. The predicted molar refractivity (Wildman–Crippen MR) is 93.3 cm³/mol. The average Bonchev–Trinajstić information content (AvgIpc) is 2.99. The summed E-state index contributed by atoms with van der Waals surface area (Å²) in [5.41, 5.74) is 1.91. The van der Waals surface area contributed by atoms with Crippen molar-refractivity contribution in [1.29, 1.82) is 0 Å². The van der Waals surface area contributed by atoms with E-state index in [1.165, 1.54) is 0 Å². The molecule has 2 aromatic rings. The van der Waals surface area contributed by atoms with Crippen molar-refractivity contribution < 1.29 is 9.59 Å². The van der Waals surface area contributed by atoms with Gasteiger partial charge in [-0.15, -0.1) is 0 Å². The van der Waals surface area contributed by atoms with Gasteiger partial charge in [0, 0.05) is 37.7 Å². The van der Waals surface area contributed by atoms with Crippen LogP contribution in [-0.4, -0.2) is 43.8 Å². The lowest BCUT2D eigenvalue weighted by Gasteiger charge is -2.33. The van der Waals surface area contributed by atoms with E-state index in [1.54, 1.807) is 23.5 Å². The highest BCUT2D eigenvalue weighted by molar-refractivity contribution is 5.94. The van der Waals surface area contributed by atoms with Crippen molar-refractivity contribution >= 4 is 11.8 Å². The standard InChI is InChI=1S/C18H23N5O2/c1-11(2)20-17(24)15-10-22-5-6-23(13(4)16(22)21-15)18(25)14-7-12(3)8-19-9-14/h7-11,13H,5-6H2,1-4H3,(H,20,24)/t13-/m0/s1. The van der Waals surface area contributed by atoms with Crippen molar-refractivity contribution in [3.8, 4) is 0 Å². The number of imidazole rings is 1. The Morgan fingerprint density at radius 2 is 2.04 bits per heavy atom. The van der Waals surface area contributed by atoms with Gasteiger partial charge in [-0.3, -0.25) is 14.6 Å². The van der Waals surface area contributed by atoms with E-state index in [9.17, 15) is 9.59 Å². The van der Waals surface area contributed by atoms with Gasteiger partial charge in [-0.1, -0.05) is 0 Å². The second kappa shape index (κ2) is 6.66. The van der Waals surface area contributed by atoms with Crippen LogP contribution in [0, 0.1) is 6.92 Å². The number of carbonyl (C=O) groups is 2. The van der Waals surface area contributed by atoms with Crippen LogP contribution in [-0.2, 0) is 6.54 Å². The summed E-state index contributed by atoms with van der Waals surface area (Å²) in [5.74, 6) is 0.477. The number of amides is 2. The van der Waals surface area contributed by atoms with Crippen LogP contribution >= 0.6 is 0 Å². The molecule has 0 saturated carbocycles. The van der Waals surface area contributed by atoms with Crippen molar-refractivity contribution in [2.24, 2.45) is 0 Å². The second-order valence-electron chi connectivity index (χ2n) is 6.73. The van der Waals surface area contributed by atoms with Crippen molar-refractivity contribution in [2.45, 2.75) is 46.3 Å². The molecule has 0 bridgehead atoms. The second-order valence-corrected chi connectivity index (χ2v) is 6.73. The minimum absolute atomic E-state index is 0.0514. The Bertz CT molecular complexity index is 812. The molecular formula is C18H23N5O2. The van der Waals surface area contributed by atoms with E-state index >= 15 is 0 Å². The van der Waals surface area contributed by atoms with Crippen LogP contribution in [0.1, 0.15) is 59.0 Å². The molecule has 1 atom stereocenters. The van der Waals surface area contributed by atoms with Crippen molar-refractivity contribution in [2.75, 3.05) is 6.54 Å². The number of aromatic nitrogens is 3. The monoisotopic (exact) mass is 341 g/mol. The number of rotatable bonds is 3. The first-order valence-electron chi connectivity index (χ1n) is 8.47. The van der Waals surface area contributed by atoms with Gasteiger partial charge >= 0.3 is 0 Å². The quantitative estimate of drug-likeness (QED) is 0.925. The lowest BCUT2D eigenvalue weighted by molar-refractivity contribution is 0.0637. The SMILES string of the molecule is Cc1cncc(C(=O)N2CCn3cc(C(=O)NC(C)C)nc3[C@@H]2C)c1. The molecule has 1 aliphatic rings. The van der Waals surface area contributed by atoms with Gasteiger partial charge in [0.25, 0.3) is 11.8 Å². The number of pyridine rings is 1. The zero-order valence-electron chi connectivity index (χ0n) is 15.0. The number of hydrogen-bond acceptors (Lipinski definition) is 4. The van der Waals surface area contributed by atoms with Crippen molar-refractivity contribution in [3.05, 3.63) is 47.3 Å². The van der Waals surface area contributed by atoms with Gasteiger partial charge < -0.3 is 14.8 Å². The molecule has 2 amide bonds. The summed E-state index contributed by atoms with van der Waals surface area (Å²) >= 11 is 0. The first-order chi connectivity index (χ1) is 11.9. The molecule has 0 fully saturated rings. The van der Waals surface area contributed by atoms with E-state index in [0.29, 0.717) is 24.3 Å². The van der Waals surface area contributed by atoms with Gasteiger partial charge in [0.05, 0.1) is 11.6 Å². The van der Waals surface area contributed by atoms with Crippen LogP contribution in [0.2, 0.25) is 0 Å². The van der Waals surface area contributed by atoms with Crippen molar-refractivity contribution in [1.82, 2.24) is 24.8 Å². The molecular weight excluding hydrogens is 318 g/mol. The molecule has 132 valence electrons. The molecule has 7 heteroatoms. The molecule has 2 aromatic heterocycles. The number of carbonyl (C=O) groups excluding carboxylic acids is 2. The molecule has 1 N–H and O–H groups in total. The van der Waals surface area contributed by atoms with Crippen LogP contribution in [0.3, 0.4) is 0 Å². The van der Waals surface area contributed by atoms with Gasteiger partial charge in [0.2, 0.25) is 0 Å². The third kappa shape index (κ3) is 3.40. The van der Waals surface area contributed by atoms with Crippen LogP contribution in [0.25, 0.3) is 0 Å². The zero-order chi connectivity index (χ0) is 18.1. The minimum Gasteiger partial charge on any atom is -0.348 e. The maximum Gasteiger partial charge on any atom is 0.271 e. The number of nitrogens with zero attached hydrogens (tertiary/aromatic N) is 4. The summed E-state index contributed by atoms with van der Waals surface area (Å²) in [5, 5.41) is 2.85. The summed E-state index contributed by atoms with van der Waals surface area (Å²) in [4.78, 5) is 35.4. The molecule has 25 heavy (non-hydrogen) atoms. The molecule has 0 unspecified atom stereocenters. The third-order valence-electron chi connectivity index (χ3n) is 4.27. The fourth-order valence-corrected chi connectivity index (χ4v) is 3.05. The maximum atomic E-state index is 12.8. The summed E-state index contributed by atoms with van der Waals surface area (Å²) in [6, 6.07) is 1.68. The van der Waals surface area contributed by atoms with Crippen LogP contribution < -0.4 is 5.32 Å². The number of aryl methyl sites for hydroxylation is 1. The summed E-state index contributed by atoms with van der Waals surface area (Å²) in [6.07, 6.45) is 5.08. The van der Waals surface area contributed by atoms with E-state index in [2.05, 4.69) is 15.3 Å². The van der Waals surface area contributed by atoms with Gasteiger partial charge in [-0.2, -0.15) is 0 Å².